The first-order valence-corrected chi connectivity index (χ1v) is 7.06. The summed E-state index contributed by atoms with van der Waals surface area (Å²) in [5, 5.41) is 31.1. The average Bonchev–Trinajstić information content (AvgIpc) is 2.53. The molecule has 0 aliphatic heterocycles. The molecule has 0 unspecified atom stereocenters. The van der Waals surface area contributed by atoms with E-state index in [0.29, 0.717) is 17.0 Å². The molecule has 0 spiro atoms. The van der Waals surface area contributed by atoms with Crippen molar-refractivity contribution in [2.24, 2.45) is 20.4 Å². The van der Waals surface area contributed by atoms with E-state index >= 15 is 0 Å². The van der Waals surface area contributed by atoms with Gasteiger partial charge in [-0.05, 0) is 41.5 Å². The molecule has 10 heteroatoms. The third-order valence-electron chi connectivity index (χ3n) is 2.44. The number of phenols is 1. The fourth-order valence-corrected chi connectivity index (χ4v) is 1.40. The van der Waals surface area contributed by atoms with Gasteiger partial charge in [0.1, 0.15) is 11.5 Å². The molecule has 0 aromatic heterocycles. The molecule has 1 aromatic rings. The second-order valence-electron chi connectivity index (χ2n) is 3.99. The van der Waals surface area contributed by atoms with Gasteiger partial charge in [-0.2, -0.15) is 15.3 Å². The van der Waals surface area contributed by atoms with E-state index in [1.807, 2.05) is 0 Å². The van der Waals surface area contributed by atoms with Crippen molar-refractivity contribution >= 4 is 47.0 Å². The second-order valence-corrected chi connectivity index (χ2v) is 4.76. The number of nitrogens with one attached hydrogen (secondary N) is 2. The molecule has 127 valence electrons. The van der Waals surface area contributed by atoms with Crippen LogP contribution >= 0.6 is 0 Å². The Balaban J connectivity index is 0.00000484. The smallest absolute Gasteiger partial charge is 0.741 e. The monoisotopic (exact) mass is 399 g/mol. The summed E-state index contributed by atoms with van der Waals surface area (Å²) in [6.45, 7) is 1.73. The summed E-state index contributed by atoms with van der Waals surface area (Å²) in [5.41, 5.74) is 1.69. The maximum atomic E-state index is 9.37. The molecule has 0 saturated heterocycles. The van der Waals surface area contributed by atoms with Crippen molar-refractivity contribution in [1.29, 1.82) is 0 Å². The van der Waals surface area contributed by atoms with Crippen LogP contribution < -0.4 is 10.6 Å². The van der Waals surface area contributed by atoms with Gasteiger partial charge >= 0.3 is 17.1 Å². The largest absolute Gasteiger partial charge is 2.00 e. The number of benzene rings is 1. The van der Waals surface area contributed by atoms with Gasteiger partial charge in [0.05, 0.1) is 5.71 Å². The molecule has 0 aliphatic rings. The van der Waals surface area contributed by atoms with Gasteiger partial charge in [0.2, 0.25) is 0 Å². The number of hydrogen-bond donors (Lipinski definition) is 3. The summed E-state index contributed by atoms with van der Waals surface area (Å²) >= 11 is 9.84. The Morgan fingerprint density at radius 3 is 1.87 bits per heavy atom. The van der Waals surface area contributed by atoms with Crippen molar-refractivity contribution in [3.05, 3.63) is 29.8 Å². The fourth-order valence-electron chi connectivity index (χ4n) is 1.32. The van der Waals surface area contributed by atoms with Gasteiger partial charge in [0.25, 0.3) is 0 Å². The zero-order valence-corrected chi connectivity index (χ0v) is 15.2. The number of nitrogens with zero attached hydrogens (tertiary/aromatic N) is 4. The van der Waals surface area contributed by atoms with Crippen LogP contribution in [0.2, 0.25) is 0 Å². The molecule has 1 aromatic carbocycles. The molecular weight excluding hydrogens is 384 g/mol. The van der Waals surface area contributed by atoms with Crippen LogP contribution in [0.1, 0.15) is 12.5 Å². The molecule has 1 rings (SSSR count). The summed E-state index contributed by atoms with van der Waals surface area (Å²) < 4.78 is 0. The van der Waals surface area contributed by atoms with E-state index in [1.165, 1.54) is 0 Å². The Bertz CT molecular complexity index is 628. The molecule has 0 bridgehead atoms. The Morgan fingerprint density at radius 1 is 0.913 bits per heavy atom. The number of rotatable bonds is 4. The molecule has 0 saturated carbocycles. The predicted molar refractivity (Wildman–Crippen MR) is 95.5 cm³/mol. The zero-order chi connectivity index (χ0) is 16.5. The maximum absolute atomic E-state index is 9.37. The molecule has 7 nitrogen and oxygen atoms in total. The number of amidine groups is 2. The number of hydrogen-bond acceptors (Lipinski definition) is 7. The Labute approximate surface area is 156 Å². The Kier molecular flexibility index (Phi) is 10.1. The van der Waals surface area contributed by atoms with E-state index in [0.717, 1.165) is 0 Å². The van der Waals surface area contributed by atoms with Crippen LogP contribution in [0.15, 0.2) is 44.7 Å². The first-order chi connectivity index (χ1) is 10.5. The van der Waals surface area contributed by atoms with Gasteiger partial charge in [0.15, 0.2) is 0 Å². The third kappa shape index (κ3) is 7.38. The zero-order valence-electron chi connectivity index (χ0n) is 12.7. The Morgan fingerprint density at radius 2 is 1.39 bits per heavy atom. The van der Waals surface area contributed by atoms with Crippen molar-refractivity contribution in [3.63, 3.8) is 0 Å². The summed E-state index contributed by atoms with van der Waals surface area (Å²) in [6.07, 6.45) is 0. The molecule has 0 fully saturated rings. The molecule has 0 heterocycles. The van der Waals surface area contributed by atoms with Crippen LogP contribution in [0, 0.1) is 0 Å². The van der Waals surface area contributed by atoms with Crippen molar-refractivity contribution < 1.29 is 22.2 Å². The molecule has 1 radical (unpaired) electrons. The standard InChI is InChI=1S/C13H18N6OS2.Cu/c1-8(16-18-12(21)14-2)11(17-19-13(22)15-3)9-4-6-10(20)7-5-9;/h4-7,20H,1-3H3,(H2,14,18,21)(H2,15,19,22);/q;+2/p-2/b16-8+,17-11-;. The first kappa shape index (κ1) is 21.3. The summed E-state index contributed by atoms with van der Waals surface area (Å²) in [4.78, 5) is 0. The summed E-state index contributed by atoms with van der Waals surface area (Å²) in [5.74, 6) is 0.154. The van der Waals surface area contributed by atoms with Gasteiger partial charge < -0.3 is 41.0 Å². The van der Waals surface area contributed by atoms with E-state index in [4.69, 9.17) is 25.3 Å². The minimum Gasteiger partial charge on any atom is -0.741 e. The van der Waals surface area contributed by atoms with Crippen LogP contribution in [0.5, 0.6) is 5.75 Å². The Hall–Kier alpha value is -1.74. The van der Waals surface area contributed by atoms with Gasteiger partial charge in [-0.3, -0.25) is 0 Å². The fraction of sp³-hybridized carbons (Fsp3) is 0.231. The van der Waals surface area contributed by atoms with Crippen LogP contribution in [0.4, 0.5) is 0 Å². The van der Waals surface area contributed by atoms with Gasteiger partial charge in [-0.25, -0.2) is 0 Å². The first-order valence-electron chi connectivity index (χ1n) is 6.25. The minimum atomic E-state index is 0. The molecule has 0 aliphatic carbocycles. The normalized spacial score (nSPS) is 13.3. The van der Waals surface area contributed by atoms with Crippen LogP contribution in [0.3, 0.4) is 0 Å². The van der Waals surface area contributed by atoms with Crippen molar-refractivity contribution in [1.82, 2.24) is 10.6 Å². The van der Waals surface area contributed by atoms with Crippen molar-refractivity contribution in [2.45, 2.75) is 6.92 Å². The van der Waals surface area contributed by atoms with E-state index in [9.17, 15) is 5.11 Å². The molecular formula is C13H16CuN6OS2. The van der Waals surface area contributed by atoms with E-state index in [-0.39, 0.29) is 33.2 Å². The van der Waals surface area contributed by atoms with Crippen LogP contribution in [-0.4, -0.2) is 41.0 Å². The predicted octanol–water partition coefficient (Wildman–Crippen LogP) is 0.714. The summed E-state index contributed by atoms with van der Waals surface area (Å²) in [6, 6.07) is 6.48. The number of aromatic hydroxyl groups is 1. The quantitative estimate of drug-likeness (QED) is 0.228. The van der Waals surface area contributed by atoms with Gasteiger partial charge in [0, 0.05) is 19.7 Å². The molecule has 0 atom stereocenters. The van der Waals surface area contributed by atoms with Crippen molar-refractivity contribution in [3.8, 4) is 5.75 Å². The third-order valence-corrected chi connectivity index (χ3v) is 3.01. The topological polar surface area (TPSA) is 93.7 Å². The van der Waals surface area contributed by atoms with E-state index < -0.39 is 0 Å². The van der Waals surface area contributed by atoms with Gasteiger partial charge in [-0.1, -0.05) is 0 Å². The minimum absolute atomic E-state index is 0. The molecule has 0 amide bonds. The SMILES string of the molecule is CN/C([S-])=N/N=C(C)/C(=N/N=C(\[S-])NC)c1ccc(O)cc1.[Cu+2]. The van der Waals surface area contributed by atoms with Gasteiger partial charge in [-0.15, -0.1) is 5.10 Å². The van der Waals surface area contributed by atoms with E-state index in [1.54, 1.807) is 45.3 Å². The summed E-state index contributed by atoms with van der Waals surface area (Å²) in [7, 11) is 3.32. The number of phenolic OH excluding ortho intramolecular Hbond substituents is 1. The maximum Gasteiger partial charge on any atom is 2.00 e. The van der Waals surface area contributed by atoms with E-state index in [2.05, 4.69) is 31.0 Å². The molecule has 23 heavy (non-hydrogen) atoms. The van der Waals surface area contributed by atoms with Crippen molar-refractivity contribution in [2.75, 3.05) is 14.1 Å². The molecule has 3 N–H and O–H groups in total. The second kappa shape index (κ2) is 10.9. The van der Waals surface area contributed by atoms with Crippen LogP contribution in [0.25, 0.3) is 0 Å². The average molecular weight is 400 g/mol. The van der Waals surface area contributed by atoms with Crippen LogP contribution in [-0.2, 0) is 42.3 Å².